The fourth-order valence-electron chi connectivity index (χ4n) is 2.11. The van der Waals surface area contributed by atoms with Crippen molar-refractivity contribution in [2.45, 2.75) is 58.0 Å². The summed E-state index contributed by atoms with van der Waals surface area (Å²) in [5.41, 5.74) is 0. The molecule has 0 aromatic heterocycles. The van der Waals surface area contributed by atoms with Crippen LogP contribution in [0.3, 0.4) is 0 Å². The van der Waals surface area contributed by atoms with Crippen molar-refractivity contribution in [2.75, 3.05) is 0 Å². The zero-order valence-corrected chi connectivity index (χ0v) is 15.6. The Morgan fingerprint density at radius 1 is 0.846 bits per heavy atom. The van der Waals surface area contributed by atoms with E-state index < -0.39 is 5.97 Å². The van der Waals surface area contributed by atoms with Gasteiger partial charge in [-0.15, -0.1) is 0 Å². The molecule has 0 aromatic rings. The predicted octanol–water partition coefficient (Wildman–Crippen LogP) is 5.41. The number of carboxylic acids is 1. The summed E-state index contributed by atoms with van der Waals surface area (Å²) in [7, 11) is 0. The molecule has 4 heteroatoms. The van der Waals surface area contributed by atoms with Gasteiger partial charge >= 0.3 is 5.97 Å². The average molecular weight is 360 g/mol. The summed E-state index contributed by atoms with van der Waals surface area (Å²) in [6.07, 6.45) is 24.7. The van der Waals surface area contributed by atoms with Crippen molar-refractivity contribution in [2.24, 2.45) is 0 Å². The van der Waals surface area contributed by atoms with Crippen LogP contribution in [-0.2, 0) is 4.79 Å². The van der Waals surface area contributed by atoms with Crippen LogP contribution < -0.4 is 0 Å². The van der Waals surface area contributed by atoms with Gasteiger partial charge in [-0.3, -0.25) is 0 Å². The number of aliphatic hydroxyl groups excluding tert-OH is 2. The summed E-state index contributed by atoms with van der Waals surface area (Å²) in [5, 5.41) is 27.9. The van der Waals surface area contributed by atoms with Gasteiger partial charge in [-0.25, -0.2) is 4.79 Å². The van der Waals surface area contributed by atoms with Crippen molar-refractivity contribution in [1.82, 2.24) is 0 Å². The third-order valence-electron chi connectivity index (χ3n) is 3.51. The Morgan fingerprint density at radius 3 is 2.12 bits per heavy atom. The van der Waals surface area contributed by atoms with E-state index in [4.69, 9.17) is 5.11 Å². The van der Waals surface area contributed by atoms with Crippen molar-refractivity contribution in [3.63, 3.8) is 0 Å². The second-order valence-electron chi connectivity index (χ2n) is 5.93. The Hall–Kier alpha value is -2.33. The summed E-state index contributed by atoms with van der Waals surface area (Å²) in [6.45, 7) is 2.16. The highest BCUT2D eigenvalue weighted by atomic mass is 16.4. The van der Waals surface area contributed by atoms with E-state index in [1.54, 1.807) is 42.5 Å². The maximum absolute atomic E-state index is 10.2. The minimum Gasteiger partial charge on any atom is -0.508 e. The number of aliphatic carboxylic acids is 1. The summed E-state index contributed by atoms with van der Waals surface area (Å²) >= 11 is 0. The standard InChI is InChI=1S/C22H32O4/c1-2-3-10-15-20(23)17-12-8-9-13-18-21(24)16-11-6-4-5-7-14-19-22(25)26/h4-7,9,11,13-14,16,18-20,23-24H,2-3,8,10,12,15,17H2,1H3,(H,25,26). The highest BCUT2D eigenvalue weighted by Gasteiger charge is 2.01. The van der Waals surface area contributed by atoms with Crippen LogP contribution in [0.5, 0.6) is 0 Å². The van der Waals surface area contributed by atoms with Gasteiger partial charge in [0.2, 0.25) is 0 Å². The molecular weight excluding hydrogens is 328 g/mol. The molecule has 0 fully saturated rings. The molecule has 0 saturated carbocycles. The van der Waals surface area contributed by atoms with Crippen LogP contribution >= 0.6 is 0 Å². The smallest absolute Gasteiger partial charge is 0.328 e. The van der Waals surface area contributed by atoms with Gasteiger partial charge in [0.15, 0.2) is 0 Å². The summed E-state index contributed by atoms with van der Waals surface area (Å²) in [6, 6.07) is 0. The number of allylic oxidation sites excluding steroid dienone is 10. The van der Waals surface area contributed by atoms with Crippen molar-refractivity contribution < 1.29 is 20.1 Å². The van der Waals surface area contributed by atoms with E-state index in [-0.39, 0.29) is 11.9 Å². The number of hydrogen-bond donors (Lipinski definition) is 3. The van der Waals surface area contributed by atoms with Gasteiger partial charge in [0.1, 0.15) is 5.76 Å². The Balaban J connectivity index is 3.91. The molecule has 3 N–H and O–H groups in total. The van der Waals surface area contributed by atoms with E-state index in [9.17, 15) is 15.0 Å². The lowest BCUT2D eigenvalue weighted by Gasteiger charge is -2.08. The minimum absolute atomic E-state index is 0.153. The van der Waals surface area contributed by atoms with E-state index in [0.29, 0.717) is 0 Å². The van der Waals surface area contributed by atoms with Crippen molar-refractivity contribution in [3.8, 4) is 0 Å². The molecule has 0 radical (unpaired) electrons. The van der Waals surface area contributed by atoms with Crippen molar-refractivity contribution >= 4 is 5.97 Å². The largest absolute Gasteiger partial charge is 0.508 e. The van der Waals surface area contributed by atoms with Crippen LogP contribution in [0.25, 0.3) is 0 Å². The van der Waals surface area contributed by atoms with Gasteiger partial charge in [-0.05, 0) is 37.8 Å². The molecule has 1 unspecified atom stereocenters. The van der Waals surface area contributed by atoms with E-state index in [1.807, 2.05) is 12.2 Å². The molecule has 0 aliphatic heterocycles. The van der Waals surface area contributed by atoms with Gasteiger partial charge in [-0.1, -0.05) is 74.8 Å². The lowest BCUT2D eigenvalue weighted by molar-refractivity contribution is -0.131. The predicted molar refractivity (Wildman–Crippen MR) is 108 cm³/mol. The fourth-order valence-corrected chi connectivity index (χ4v) is 2.11. The van der Waals surface area contributed by atoms with Gasteiger partial charge < -0.3 is 15.3 Å². The summed E-state index contributed by atoms with van der Waals surface area (Å²) < 4.78 is 0. The van der Waals surface area contributed by atoms with E-state index in [2.05, 4.69) is 6.92 Å². The highest BCUT2D eigenvalue weighted by Crippen LogP contribution is 2.10. The molecule has 0 aliphatic rings. The lowest BCUT2D eigenvalue weighted by Crippen LogP contribution is -2.05. The second-order valence-corrected chi connectivity index (χ2v) is 5.93. The van der Waals surface area contributed by atoms with Crippen LogP contribution in [0.1, 0.15) is 51.9 Å². The van der Waals surface area contributed by atoms with Gasteiger partial charge in [0.05, 0.1) is 6.10 Å². The number of carbonyl (C=O) groups is 1. The number of unbranched alkanes of at least 4 members (excludes halogenated alkanes) is 3. The number of rotatable bonds is 14. The van der Waals surface area contributed by atoms with Crippen LogP contribution in [0.2, 0.25) is 0 Å². The zero-order valence-electron chi connectivity index (χ0n) is 15.6. The van der Waals surface area contributed by atoms with Gasteiger partial charge in [0.25, 0.3) is 0 Å². The minimum atomic E-state index is -0.982. The molecular formula is C22H32O4. The fraction of sp³-hybridized carbons (Fsp3) is 0.409. The molecule has 0 spiro atoms. The molecule has 26 heavy (non-hydrogen) atoms. The highest BCUT2D eigenvalue weighted by molar-refractivity contribution is 5.80. The Kier molecular flexibility index (Phi) is 15.9. The van der Waals surface area contributed by atoms with Crippen molar-refractivity contribution in [3.05, 3.63) is 72.6 Å². The molecule has 0 bridgehead atoms. The zero-order chi connectivity index (χ0) is 19.5. The molecule has 144 valence electrons. The Bertz CT molecular complexity index is 536. The van der Waals surface area contributed by atoms with Gasteiger partial charge in [-0.2, -0.15) is 0 Å². The van der Waals surface area contributed by atoms with Gasteiger partial charge in [0, 0.05) is 6.08 Å². The van der Waals surface area contributed by atoms with Crippen LogP contribution in [0.4, 0.5) is 0 Å². The first-order valence-electron chi connectivity index (χ1n) is 9.21. The number of aliphatic hydroxyl groups is 2. The normalized spacial score (nSPS) is 14.6. The van der Waals surface area contributed by atoms with Crippen LogP contribution in [0.15, 0.2) is 72.6 Å². The average Bonchev–Trinajstić information content (AvgIpc) is 2.60. The summed E-state index contributed by atoms with van der Waals surface area (Å²) in [5.74, 6) is -0.829. The maximum Gasteiger partial charge on any atom is 0.328 e. The molecule has 0 aliphatic carbocycles. The first kappa shape index (κ1) is 23.7. The second kappa shape index (κ2) is 17.5. The van der Waals surface area contributed by atoms with E-state index >= 15 is 0 Å². The van der Waals surface area contributed by atoms with Crippen LogP contribution in [-0.4, -0.2) is 27.4 Å². The monoisotopic (exact) mass is 360 g/mol. The Labute approximate surface area is 157 Å². The quantitative estimate of drug-likeness (QED) is 0.168. The van der Waals surface area contributed by atoms with E-state index in [0.717, 1.165) is 38.2 Å². The molecule has 0 amide bonds. The third-order valence-corrected chi connectivity index (χ3v) is 3.51. The maximum atomic E-state index is 10.2. The molecule has 0 saturated heterocycles. The molecule has 4 nitrogen and oxygen atoms in total. The van der Waals surface area contributed by atoms with Crippen molar-refractivity contribution in [1.29, 1.82) is 0 Å². The first-order valence-corrected chi connectivity index (χ1v) is 9.21. The van der Waals surface area contributed by atoms with Crippen LogP contribution in [0, 0.1) is 0 Å². The van der Waals surface area contributed by atoms with E-state index in [1.165, 1.54) is 18.9 Å². The number of hydrogen-bond acceptors (Lipinski definition) is 3. The summed E-state index contributed by atoms with van der Waals surface area (Å²) in [4.78, 5) is 10.2. The molecule has 0 heterocycles. The third kappa shape index (κ3) is 18.0. The topological polar surface area (TPSA) is 77.8 Å². The molecule has 1 atom stereocenters. The Morgan fingerprint density at radius 2 is 1.46 bits per heavy atom. The molecule has 0 rings (SSSR count). The molecule has 0 aromatic carbocycles. The lowest BCUT2D eigenvalue weighted by atomic mass is 10.1. The first-order chi connectivity index (χ1) is 12.6. The SMILES string of the molecule is CCCCCC(O)CCCC=CC=C(O)C=CC=CC=CC=CC(=O)O. The number of carboxylic acid groups (broad SMARTS) is 1.